The molecule has 2 aromatic heterocycles. The maximum atomic E-state index is 12.8. The summed E-state index contributed by atoms with van der Waals surface area (Å²) in [7, 11) is 0. The number of carbonyl (C=O) groups is 1. The van der Waals surface area contributed by atoms with Crippen LogP contribution in [-0.2, 0) is 0 Å². The molecule has 0 aliphatic carbocycles. The minimum Gasteiger partial charge on any atom is -0.452 e. The van der Waals surface area contributed by atoms with Gasteiger partial charge in [0.2, 0.25) is 5.43 Å². The summed E-state index contributed by atoms with van der Waals surface area (Å²) in [5, 5.41) is 0. The summed E-state index contributed by atoms with van der Waals surface area (Å²) in [4.78, 5) is 36.1. The molecule has 30 heavy (non-hydrogen) atoms. The lowest BCUT2D eigenvalue weighted by molar-refractivity contribution is 0.0740. The first-order valence-corrected chi connectivity index (χ1v) is 9.72. The van der Waals surface area contributed by atoms with Crippen molar-refractivity contribution in [1.82, 2.24) is 14.9 Å². The van der Waals surface area contributed by atoms with Crippen LogP contribution in [0.1, 0.15) is 16.1 Å². The third-order valence-corrected chi connectivity index (χ3v) is 5.06. The number of carbonyl (C=O) groups excluding carboxylic acids is 1. The van der Waals surface area contributed by atoms with Gasteiger partial charge in [-0.1, -0.05) is 17.7 Å². The van der Waals surface area contributed by atoms with Gasteiger partial charge in [-0.15, -0.1) is 0 Å². The van der Waals surface area contributed by atoms with Crippen molar-refractivity contribution < 1.29 is 9.53 Å². The standard InChI is InChI=1S/C22H23N5O3/c1-15-2-5-17(6-3-15)30-20-14-24-18(12-19(20)28)22(29)27-10-8-26(9-11-27)16-4-7-21(23)25-13-16/h2-7,12-14H,8-11H2,1H3,(H2,23,25)(H,24,28). The fourth-order valence-electron chi connectivity index (χ4n) is 3.32. The monoisotopic (exact) mass is 405 g/mol. The van der Waals surface area contributed by atoms with Gasteiger partial charge < -0.3 is 25.3 Å². The van der Waals surface area contributed by atoms with E-state index in [9.17, 15) is 9.59 Å². The fourth-order valence-corrected chi connectivity index (χ4v) is 3.32. The number of amides is 1. The highest BCUT2D eigenvalue weighted by Crippen LogP contribution is 2.19. The number of piperazine rings is 1. The van der Waals surface area contributed by atoms with E-state index in [1.54, 1.807) is 29.3 Å². The molecule has 0 atom stereocenters. The van der Waals surface area contributed by atoms with E-state index in [1.165, 1.54) is 12.3 Å². The van der Waals surface area contributed by atoms with E-state index in [4.69, 9.17) is 10.5 Å². The normalized spacial score (nSPS) is 13.9. The van der Waals surface area contributed by atoms with Gasteiger partial charge in [-0.05, 0) is 31.2 Å². The van der Waals surface area contributed by atoms with Crippen molar-refractivity contribution in [3.63, 3.8) is 0 Å². The number of nitrogens with zero attached hydrogens (tertiary/aromatic N) is 3. The highest BCUT2D eigenvalue weighted by Gasteiger charge is 2.23. The second-order valence-corrected chi connectivity index (χ2v) is 7.21. The van der Waals surface area contributed by atoms with Crippen LogP contribution in [0.25, 0.3) is 0 Å². The Kier molecular flexibility index (Phi) is 5.38. The highest BCUT2D eigenvalue weighted by molar-refractivity contribution is 5.92. The smallest absolute Gasteiger partial charge is 0.270 e. The van der Waals surface area contributed by atoms with Crippen molar-refractivity contribution in [2.75, 3.05) is 36.8 Å². The van der Waals surface area contributed by atoms with E-state index in [-0.39, 0.29) is 22.8 Å². The van der Waals surface area contributed by atoms with Crippen LogP contribution in [0, 0.1) is 6.92 Å². The number of aromatic nitrogens is 2. The van der Waals surface area contributed by atoms with Crippen LogP contribution in [-0.4, -0.2) is 47.0 Å². The van der Waals surface area contributed by atoms with Gasteiger partial charge in [0, 0.05) is 38.4 Å². The molecule has 0 saturated carbocycles. The zero-order valence-electron chi connectivity index (χ0n) is 16.7. The molecule has 8 heteroatoms. The number of rotatable bonds is 4. The molecule has 4 rings (SSSR count). The van der Waals surface area contributed by atoms with Crippen LogP contribution in [0.15, 0.2) is 59.7 Å². The summed E-state index contributed by atoms with van der Waals surface area (Å²) in [6.07, 6.45) is 3.17. The SMILES string of the molecule is Cc1ccc(Oc2c[nH]c(C(=O)N3CCN(c4ccc(N)nc4)CC3)cc2=O)cc1. The largest absolute Gasteiger partial charge is 0.452 e. The predicted octanol–water partition coefficient (Wildman–Crippen LogP) is 2.42. The molecule has 1 saturated heterocycles. The first kappa shape index (κ1) is 19.5. The molecule has 1 amide bonds. The number of H-pyrrole nitrogens is 1. The number of ether oxygens (including phenoxy) is 1. The molecule has 3 heterocycles. The lowest BCUT2D eigenvalue weighted by atomic mass is 10.2. The molecule has 1 fully saturated rings. The Balaban J connectivity index is 1.40. The minimum absolute atomic E-state index is 0.149. The van der Waals surface area contributed by atoms with Gasteiger partial charge in [0.05, 0.1) is 11.9 Å². The van der Waals surface area contributed by atoms with Gasteiger partial charge >= 0.3 is 0 Å². The van der Waals surface area contributed by atoms with Crippen LogP contribution in [0.4, 0.5) is 11.5 Å². The maximum Gasteiger partial charge on any atom is 0.270 e. The fraction of sp³-hybridized carbons (Fsp3) is 0.227. The summed E-state index contributed by atoms with van der Waals surface area (Å²) < 4.78 is 5.63. The quantitative estimate of drug-likeness (QED) is 0.691. The van der Waals surface area contributed by atoms with E-state index in [2.05, 4.69) is 14.9 Å². The number of aryl methyl sites for hydroxylation is 1. The summed E-state index contributed by atoms with van der Waals surface area (Å²) in [5.41, 5.74) is 7.62. The molecule has 1 aliphatic rings. The van der Waals surface area contributed by atoms with E-state index >= 15 is 0 Å². The third kappa shape index (κ3) is 4.27. The van der Waals surface area contributed by atoms with Crippen molar-refractivity contribution in [1.29, 1.82) is 0 Å². The lowest BCUT2D eigenvalue weighted by Crippen LogP contribution is -2.49. The van der Waals surface area contributed by atoms with Crippen LogP contribution in [0.2, 0.25) is 0 Å². The van der Waals surface area contributed by atoms with Gasteiger partial charge in [-0.25, -0.2) is 4.98 Å². The topological polar surface area (TPSA) is 105 Å². The Hall–Kier alpha value is -3.81. The number of nitrogens with one attached hydrogen (secondary N) is 1. The molecule has 3 N–H and O–H groups in total. The van der Waals surface area contributed by atoms with Crippen molar-refractivity contribution in [3.8, 4) is 11.5 Å². The molecule has 1 aliphatic heterocycles. The summed E-state index contributed by atoms with van der Waals surface area (Å²) in [6, 6.07) is 12.4. The number of nitrogens with two attached hydrogens (primary N) is 1. The van der Waals surface area contributed by atoms with Gasteiger partial charge in [0.25, 0.3) is 5.91 Å². The Labute approximate surface area is 173 Å². The highest BCUT2D eigenvalue weighted by atomic mass is 16.5. The van der Waals surface area contributed by atoms with Crippen molar-refractivity contribution >= 4 is 17.4 Å². The van der Waals surface area contributed by atoms with Gasteiger partial charge in [-0.2, -0.15) is 0 Å². The molecular weight excluding hydrogens is 382 g/mol. The summed E-state index contributed by atoms with van der Waals surface area (Å²) >= 11 is 0. The van der Waals surface area contributed by atoms with Gasteiger partial charge in [0.1, 0.15) is 17.3 Å². The van der Waals surface area contributed by atoms with E-state index in [0.29, 0.717) is 37.7 Å². The number of pyridine rings is 2. The molecule has 8 nitrogen and oxygen atoms in total. The van der Waals surface area contributed by atoms with Crippen LogP contribution >= 0.6 is 0 Å². The predicted molar refractivity (Wildman–Crippen MR) is 115 cm³/mol. The average Bonchev–Trinajstić information content (AvgIpc) is 2.77. The molecule has 1 aromatic carbocycles. The number of nitrogen functional groups attached to an aromatic ring is 1. The summed E-state index contributed by atoms with van der Waals surface area (Å²) in [6.45, 7) is 4.43. The Morgan fingerprint density at radius 1 is 1.10 bits per heavy atom. The van der Waals surface area contributed by atoms with Crippen molar-refractivity contribution in [3.05, 3.63) is 76.3 Å². The van der Waals surface area contributed by atoms with Crippen molar-refractivity contribution in [2.45, 2.75) is 6.92 Å². The third-order valence-electron chi connectivity index (χ3n) is 5.06. The second-order valence-electron chi connectivity index (χ2n) is 7.21. The van der Waals surface area contributed by atoms with Crippen LogP contribution in [0.3, 0.4) is 0 Å². The second kappa shape index (κ2) is 8.28. The number of benzene rings is 1. The Morgan fingerprint density at radius 2 is 1.83 bits per heavy atom. The first-order chi connectivity index (χ1) is 14.5. The summed E-state index contributed by atoms with van der Waals surface area (Å²) in [5.74, 6) is 0.991. The van der Waals surface area contributed by atoms with Crippen LogP contribution < -0.4 is 20.8 Å². The molecule has 0 bridgehead atoms. The van der Waals surface area contributed by atoms with Crippen LogP contribution in [0.5, 0.6) is 11.5 Å². The average molecular weight is 405 g/mol. The van der Waals surface area contributed by atoms with Crippen molar-refractivity contribution in [2.24, 2.45) is 0 Å². The Bertz CT molecular complexity index is 1090. The number of anilines is 2. The number of hydrogen-bond donors (Lipinski definition) is 2. The lowest BCUT2D eigenvalue weighted by Gasteiger charge is -2.35. The maximum absolute atomic E-state index is 12.8. The molecule has 0 radical (unpaired) electrons. The molecule has 0 spiro atoms. The molecule has 3 aromatic rings. The number of hydrogen-bond acceptors (Lipinski definition) is 6. The first-order valence-electron chi connectivity index (χ1n) is 9.72. The van der Waals surface area contributed by atoms with Gasteiger partial charge in [-0.3, -0.25) is 9.59 Å². The molecule has 0 unspecified atom stereocenters. The number of aromatic amines is 1. The molecule has 154 valence electrons. The minimum atomic E-state index is -0.343. The van der Waals surface area contributed by atoms with E-state index < -0.39 is 0 Å². The zero-order chi connectivity index (χ0) is 21.1. The van der Waals surface area contributed by atoms with E-state index in [0.717, 1.165) is 11.3 Å². The Morgan fingerprint density at radius 3 is 2.47 bits per heavy atom. The zero-order valence-corrected chi connectivity index (χ0v) is 16.7. The van der Waals surface area contributed by atoms with E-state index in [1.807, 2.05) is 25.1 Å². The van der Waals surface area contributed by atoms with Gasteiger partial charge in [0.15, 0.2) is 5.75 Å². The molecular formula is C22H23N5O3.